The molecule has 0 spiro atoms. The first kappa shape index (κ1) is 20.6. The lowest BCUT2D eigenvalue weighted by Crippen LogP contribution is -2.15. The van der Waals surface area contributed by atoms with Gasteiger partial charge in [0.1, 0.15) is 11.6 Å². The van der Waals surface area contributed by atoms with E-state index in [0.717, 1.165) is 4.88 Å². The Morgan fingerprint density at radius 2 is 1.82 bits per heavy atom. The molecule has 5 aromatic rings. The van der Waals surface area contributed by atoms with Gasteiger partial charge in [0, 0.05) is 0 Å². The number of hydrogen-bond acceptors (Lipinski definition) is 7. The molecule has 0 aliphatic carbocycles. The topological polar surface area (TPSA) is 103 Å². The number of carbonyl (C=O) groups excluding carboxylic acids is 1. The average Bonchev–Trinajstić information content (AvgIpc) is 3.56. The highest BCUT2D eigenvalue weighted by atomic mass is 32.1. The molecule has 0 aliphatic rings. The van der Waals surface area contributed by atoms with Crippen molar-refractivity contribution in [2.24, 2.45) is 0 Å². The van der Waals surface area contributed by atoms with Gasteiger partial charge in [-0.2, -0.15) is 4.68 Å². The molecule has 12 heteroatoms. The molecule has 0 fully saturated rings. The Bertz CT molecular complexity index is 1440. The molecule has 3 aromatic heterocycles. The minimum atomic E-state index is -0.710. The second kappa shape index (κ2) is 8.31. The van der Waals surface area contributed by atoms with Crippen molar-refractivity contribution in [2.75, 3.05) is 5.32 Å². The Kier molecular flexibility index (Phi) is 5.18. The minimum Gasteiger partial charge on any atom is -0.317 e. The van der Waals surface area contributed by atoms with Gasteiger partial charge in [-0.05, 0) is 71.3 Å². The summed E-state index contributed by atoms with van der Waals surface area (Å²) >= 11 is 1.41. The Balaban J connectivity index is 1.50. The summed E-state index contributed by atoms with van der Waals surface area (Å²) in [5.41, 5.74) is 0.912. The van der Waals surface area contributed by atoms with Crippen LogP contribution in [-0.2, 0) is 0 Å². The summed E-state index contributed by atoms with van der Waals surface area (Å²) in [6.07, 6.45) is 0. The Hall–Kier alpha value is -4.32. The summed E-state index contributed by atoms with van der Waals surface area (Å²) in [6.45, 7) is 1.69. The number of thiophene rings is 1. The van der Waals surface area contributed by atoms with Crippen LogP contribution in [0.2, 0.25) is 0 Å². The quantitative estimate of drug-likeness (QED) is 0.424. The van der Waals surface area contributed by atoms with Crippen LogP contribution in [0.5, 0.6) is 0 Å². The fourth-order valence-corrected chi connectivity index (χ4v) is 3.82. The predicted octanol–water partition coefficient (Wildman–Crippen LogP) is 3.81. The third-order valence-electron chi connectivity index (χ3n) is 4.69. The van der Waals surface area contributed by atoms with E-state index in [0.29, 0.717) is 23.0 Å². The molecule has 0 radical (unpaired) electrons. The summed E-state index contributed by atoms with van der Waals surface area (Å²) < 4.78 is 30.7. The van der Waals surface area contributed by atoms with Crippen LogP contribution in [-0.4, -0.2) is 40.9 Å². The standard InChI is InChI=1S/C21H14F2N8OS/c1-12-26-28-29-30(12)15-8-9-16(23)17(11-15)24-21(32)19-25-20(18-3-2-10-33-18)31(27-19)14-6-4-13(22)5-7-14/h2-11H,1H3,(H,24,32). The van der Waals surface area contributed by atoms with E-state index >= 15 is 0 Å². The first-order valence-corrected chi connectivity index (χ1v) is 10.5. The highest BCUT2D eigenvalue weighted by Gasteiger charge is 2.21. The predicted molar refractivity (Wildman–Crippen MR) is 116 cm³/mol. The zero-order valence-electron chi connectivity index (χ0n) is 17.0. The summed E-state index contributed by atoms with van der Waals surface area (Å²) in [5.74, 6) is -1.03. The van der Waals surface area contributed by atoms with E-state index in [1.807, 2.05) is 17.5 Å². The van der Waals surface area contributed by atoms with E-state index in [2.05, 4.69) is 30.9 Å². The van der Waals surface area contributed by atoms with Gasteiger partial charge in [0.15, 0.2) is 11.6 Å². The number of amides is 1. The first-order chi connectivity index (χ1) is 16.0. The molecule has 9 nitrogen and oxygen atoms in total. The smallest absolute Gasteiger partial charge is 0.295 e. The van der Waals surface area contributed by atoms with E-state index < -0.39 is 17.5 Å². The molecule has 0 unspecified atom stereocenters. The second-order valence-corrected chi connectivity index (χ2v) is 7.83. The lowest BCUT2D eigenvalue weighted by molar-refractivity contribution is 0.101. The molecule has 1 N–H and O–H groups in total. The number of halogens is 2. The van der Waals surface area contributed by atoms with Gasteiger partial charge in [0.2, 0.25) is 5.82 Å². The van der Waals surface area contributed by atoms with Gasteiger partial charge in [0.25, 0.3) is 5.91 Å². The number of anilines is 1. The SMILES string of the molecule is Cc1nnnn1-c1ccc(F)c(NC(=O)c2nc(-c3cccs3)n(-c3ccc(F)cc3)n2)c1. The van der Waals surface area contributed by atoms with E-state index in [9.17, 15) is 13.6 Å². The van der Waals surface area contributed by atoms with Crippen molar-refractivity contribution < 1.29 is 13.6 Å². The van der Waals surface area contributed by atoms with Crippen molar-refractivity contribution in [3.8, 4) is 22.1 Å². The number of aromatic nitrogens is 7. The fourth-order valence-electron chi connectivity index (χ4n) is 3.13. The van der Waals surface area contributed by atoms with Crippen LogP contribution in [0.1, 0.15) is 16.4 Å². The molecule has 0 saturated carbocycles. The molecule has 33 heavy (non-hydrogen) atoms. The van der Waals surface area contributed by atoms with Gasteiger partial charge in [-0.3, -0.25) is 4.79 Å². The van der Waals surface area contributed by atoms with Crippen LogP contribution in [0, 0.1) is 18.6 Å². The molecule has 164 valence electrons. The molecular formula is C21H14F2N8OS. The summed E-state index contributed by atoms with van der Waals surface area (Å²) in [6, 6.07) is 13.4. The minimum absolute atomic E-state index is 0.0804. The monoisotopic (exact) mass is 464 g/mol. The molecule has 0 atom stereocenters. The Morgan fingerprint density at radius 3 is 2.52 bits per heavy atom. The normalized spacial score (nSPS) is 11.0. The molecule has 0 saturated heterocycles. The third kappa shape index (κ3) is 3.99. The molecule has 1 amide bonds. The fraction of sp³-hybridized carbons (Fsp3) is 0.0476. The number of aryl methyl sites for hydroxylation is 1. The van der Waals surface area contributed by atoms with Gasteiger partial charge >= 0.3 is 0 Å². The van der Waals surface area contributed by atoms with Crippen molar-refractivity contribution in [2.45, 2.75) is 6.92 Å². The average molecular weight is 464 g/mol. The van der Waals surface area contributed by atoms with E-state index in [1.165, 1.54) is 63.2 Å². The van der Waals surface area contributed by atoms with E-state index in [4.69, 9.17) is 0 Å². The third-order valence-corrected chi connectivity index (χ3v) is 5.56. The van der Waals surface area contributed by atoms with Crippen LogP contribution < -0.4 is 5.32 Å². The lowest BCUT2D eigenvalue weighted by atomic mass is 10.2. The first-order valence-electron chi connectivity index (χ1n) is 9.63. The van der Waals surface area contributed by atoms with Crippen LogP contribution in [0.25, 0.3) is 22.1 Å². The zero-order valence-corrected chi connectivity index (χ0v) is 17.8. The van der Waals surface area contributed by atoms with Gasteiger partial charge < -0.3 is 5.32 Å². The largest absolute Gasteiger partial charge is 0.317 e. The van der Waals surface area contributed by atoms with Crippen molar-refractivity contribution in [3.05, 3.63) is 83.3 Å². The lowest BCUT2D eigenvalue weighted by Gasteiger charge is -2.07. The molecule has 0 bridgehead atoms. The maximum Gasteiger partial charge on any atom is 0.295 e. The van der Waals surface area contributed by atoms with Crippen LogP contribution in [0.3, 0.4) is 0 Å². The Morgan fingerprint density at radius 1 is 1.03 bits per heavy atom. The van der Waals surface area contributed by atoms with Gasteiger partial charge in [-0.15, -0.1) is 21.5 Å². The molecule has 0 aliphatic heterocycles. The van der Waals surface area contributed by atoms with Crippen LogP contribution in [0.15, 0.2) is 60.0 Å². The second-order valence-electron chi connectivity index (χ2n) is 6.88. The van der Waals surface area contributed by atoms with Gasteiger partial charge in [-0.25, -0.2) is 18.4 Å². The van der Waals surface area contributed by atoms with Gasteiger partial charge in [0.05, 0.1) is 21.9 Å². The van der Waals surface area contributed by atoms with E-state index in [1.54, 1.807) is 6.92 Å². The maximum atomic E-state index is 14.4. The van der Waals surface area contributed by atoms with Crippen molar-refractivity contribution in [1.82, 2.24) is 35.0 Å². The Labute approximate surface area is 189 Å². The van der Waals surface area contributed by atoms with Gasteiger partial charge in [-0.1, -0.05) is 6.07 Å². The zero-order chi connectivity index (χ0) is 22.9. The molecular weight excluding hydrogens is 450 g/mol. The number of benzene rings is 2. The van der Waals surface area contributed by atoms with Crippen LogP contribution in [0.4, 0.5) is 14.5 Å². The van der Waals surface area contributed by atoms with E-state index in [-0.39, 0.29) is 11.5 Å². The highest BCUT2D eigenvalue weighted by molar-refractivity contribution is 7.13. The number of nitrogens with zero attached hydrogens (tertiary/aromatic N) is 7. The van der Waals surface area contributed by atoms with Crippen molar-refractivity contribution in [1.29, 1.82) is 0 Å². The molecule has 5 rings (SSSR count). The molecule has 3 heterocycles. The van der Waals surface area contributed by atoms with Crippen molar-refractivity contribution >= 4 is 22.9 Å². The summed E-state index contributed by atoms with van der Waals surface area (Å²) in [4.78, 5) is 18.0. The maximum absolute atomic E-state index is 14.4. The number of nitrogens with one attached hydrogen (secondary N) is 1. The number of tetrazole rings is 1. The number of carbonyl (C=O) groups is 1. The van der Waals surface area contributed by atoms with Crippen LogP contribution >= 0.6 is 11.3 Å². The number of rotatable bonds is 5. The summed E-state index contributed by atoms with van der Waals surface area (Å²) in [5, 5.41) is 19.9. The number of hydrogen-bond donors (Lipinski definition) is 1. The highest BCUT2D eigenvalue weighted by Crippen LogP contribution is 2.26. The van der Waals surface area contributed by atoms with Crippen molar-refractivity contribution in [3.63, 3.8) is 0 Å². The molecule has 2 aromatic carbocycles. The summed E-state index contributed by atoms with van der Waals surface area (Å²) in [7, 11) is 0.